The van der Waals surface area contributed by atoms with Crippen molar-refractivity contribution >= 4 is 29.3 Å². The van der Waals surface area contributed by atoms with Gasteiger partial charge in [-0.3, -0.25) is 9.36 Å². The molecule has 0 spiro atoms. The maximum atomic E-state index is 12.0. The number of anilines is 2. The summed E-state index contributed by atoms with van der Waals surface area (Å²) < 4.78 is 7.26. The van der Waals surface area contributed by atoms with E-state index in [2.05, 4.69) is 25.0 Å². The first-order valence-corrected chi connectivity index (χ1v) is 9.14. The van der Waals surface area contributed by atoms with Crippen LogP contribution < -0.4 is 15.0 Å². The number of rotatable bonds is 5. The van der Waals surface area contributed by atoms with Gasteiger partial charge in [0.1, 0.15) is 5.75 Å². The second kappa shape index (κ2) is 6.95. The number of fused-ring (bicyclic) bond motifs is 1. The lowest BCUT2D eigenvalue weighted by Gasteiger charge is -2.20. The molecule has 1 aromatic carbocycles. The molecule has 1 N–H and O–H groups in total. The lowest BCUT2D eigenvalue weighted by molar-refractivity contribution is -0.119. The largest absolute Gasteiger partial charge is 0.497 e. The van der Waals surface area contributed by atoms with Gasteiger partial charge in [0, 0.05) is 24.3 Å². The number of ether oxygens (including phenoxy) is 1. The Morgan fingerprint density at radius 3 is 2.60 bits per heavy atom. The summed E-state index contributed by atoms with van der Waals surface area (Å²) in [4.78, 5) is 14.1. The normalized spacial score (nSPS) is 13.7. The fraction of sp³-hybridized carbons (Fsp3) is 0.471. The second-order valence-corrected chi connectivity index (χ2v) is 7.81. The SMILES string of the molecule is COc1ccc(N2CCn3c(SCC(=O)NC(C)(C)C)nnc32)cc1. The number of carbonyl (C=O) groups is 1. The average Bonchev–Trinajstić information content (AvgIpc) is 3.13. The molecule has 134 valence electrons. The van der Waals surface area contributed by atoms with Crippen molar-refractivity contribution in [2.24, 2.45) is 0 Å². The molecule has 0 bridgehead atoms. The van der Waals surface area contributed by atoms with E-state index in [0.29, 0.717) is 5.75 Å². The topological polar surface area (TPSA) is 72.3 Å². The number of nitrogens with zero attached hydrogens (tertiary/aromatic N) is 4. The third-order valence-electron chi connectivity index (χ3n) is 3.72. The smallest absolute Gasteiger partial charge is 0.232 e. The van der Waals surface area contributed by atoms with Crippen LogP contribution in [0.1, 0.15) is 20.8 Å². The zero-order valence-corrected chi connectivity index (χ0v) is 15.8. The van der Waals surface area contributed by atoms with E-state index < -0.39 is 0 Å². The summed E-state index contributed by atoms with van der Waals surface area (Å²) in [5, 5.41) is 12.3. The molecular weight excluding hydrogens is 338 g/mol. The molecule has 7 nitrogen and oxygen atoms in total. The van der Waals surface area contributed by atoms with Crippen LogP contribution in [0.4, 0.5) is 11.6 Å². The first kappa shape index (κ1) is 17.6. The Morgan fingerprint density at radius 1 is 1.24 bits per heavy atom. The number of nitrogens with one attached hydrogen (secondary N) is 1. The summed E-state index contributed by atoms with van der Waals surface area (Å²) in [6, 6.07) is 7.88. The standard InChI is InChI=1S/C17H23N5O2S/c1-17(2,3)18-14(23)11-25-16-20-19-15-21(9-10-22(15)16)12-5-7-13(24-4)8-6-12/h5-8H,9-11H2,1-4H3,(H,18,23). The molecule has 1 amide bonds. The van der Waals surface area contributed by atoms with Gasteiger partial charge in [0.15, 0.2) is 5.16 Å². The van der Waals surface area contributed by atoms with Crippen molar-refractivity contribution in [3.63, 3.8) is 0 Å². The lowest BCUT2D eigenvalue weighted by atomic mass is 10.1. The number of methoxy groups -OCH3 is 1. The van der Waals surface area contributed by atoms with Crippen molar-refractivity contribution in [3.05, 3.63) is 24.3 Å². The summed E-state index contributed by atoms with van der Waals surface area (Å²) in [6.45, 7) is 7.54. The van der Waals surface area contributed by atoms with E-state index in [1.54, 1.807) is 7.11 Å². The number of hydrogen-bond donors (Lipinski definition) is 1. The highest BCUT2D eigenvalue weighted by atomic mass is 32.2. The van der Waals surface area contributed by atoms with Gasteiger partial charge in [-0.2, -0.15) is 0 Å². The zero-order chi connectivity index (χ0) is 18.0. The van der Waals surface area contributed by atoms with E-state index in [1.165, 1.54) is 11.8 Å². The molecule has 0 atom stereocenters. The Labute approximate surface area is 151 Å². The summed E-state index contributed by atoms with van der Waals surface area (Å²) >= 11 is 1.42. The minimum absolute atomic E-state index is 0.000132. The van der Waals surface area contributed by atoms with Crippen LogP contribution in [0, 0.1) is 0 Å². The summed E-state index contributed by atoms with van der Waals surface area (Å²) in [5.41, 5.74) is 0.823. The molecule has 3 rings (SSSR count). The maximum absolute atomic E-state index is 12.0. The predicted molar refractivity (Wildman–Crippen MR) is 98.6 cm³/mol. The number of amides is 1. The van der Waals surface area contributed by atoms with Gasteiger partial charge in [0.05, 0.1) is 12.9 Å². The molecule has 25 heavy (non-hydrogen) atoms. The first-order chi connectivity index (χ1) is 11.9. The minimum Gasteiger partial charge on any atom is -0.497 e. The van der Waals surface area contributed by atoms with Crippen LogP contribution in [0.25, 0.3) is 0 Å². The van der Waals surface area contributed by atoms with Gasteiger partial charge in [-0.1, -0.05) is 11.8 Å². The summed E-state index contributed by atoms with van der Waals surface area (Å²) in [5.74, 6) is 1.96. The van der Waals surface area contributed by atoms with E-state index in [9.17, 15) is 4.79 Å². The Morgan fingerprint density at radius 2 is 1.96 bits per heavy atom. The Balaban J connectivity index is 1.68. The molecule has 0 saturated carbocycles. The number of benzene rings is 1. The Kier molecular flexibility index (Phi) is 4.89. The Hall–Kier alpha value is -2.22. The van der Waals surface area contributed by atoms with Gasteiger partial charge in [-0.25, -0.2) is 0 Å². The predicted octanol–water partition coefficient (Wildman–Crippen LogP) is 2.45. The number of hydrogen-bond acceptors (Lipinski definition) is 6. The van der Waals surface area contributed by atoms with Crippen LogP contribution in [0.5, 0.6) is 5.75 Å². The van der Waals surface area contributed by atoms with Crippen LogP contribution in [-0.4, -0.2) is 45.6 Å². The quantitative estimate of drug-likeness (QED) is 0.825. The maximum Gasteiger partial charge on any atom is 0.232 e. The number of thioether (sulfide) groups is 1. The van der Waals surface area contributed by atoms with Gasteiger partial charge >= 0.3 is 0 Å². The minimum atomic E-state index is -0.227. The average molecular weight is 361 g/mol. The lowest BCUT2D eigenvalue weighted by Crippen LogP contribution is -2.41. The highest BCUT2D eigenvalue weighted by molar-refractivity contribution is 7.99. The van der Waals surface area contributed by atoms with Gasteiger partial charge in [-0.15, -0.1) is 10.2 Å². The molecular formula is C17H23N5O2S. The van der Waals surface area contributed by atoms with E-state index in [-0.39, 0.29) is 11.4 Å². The highest BCUT2D eigenvalue weighted by Gasteiger charge is 2.26. The van der Waals surface area contributed by atoms with Gasteiger partial charge in [0.25, 0.3) is 0 Å². The molecule has 0 saturated heterocycles. The van der Waals surface area contributed by atoms with Crippen LogP contribution >= 0.6 is 11.8 Å². The van der Waals surface area contributed by atoms with E-state index in [0.717, 1.165) is 35.6 Å². The van der Waals surface area contributed by atoms with Gasteiger partial charge in [0.2, 0.25) is 11.9 Å². The van der Waals surface area contributed by atoms with E-state index in [4.69, 9.17) is 4.74 Å². The molecule has 0 radical (unpaired) electrons. The summed E-state index contributed by atoms with van der Waals surface area (Å²) in [7, 11) is 1.65. The number of aromatic nitrogens is 3. The van der Waals surface area contributed by atoms with Gasteiger partial charge < -0.3 is 15.0 Å². The molecule has 8 heteroatoms. The van der Waals surface area contributed by atoms with Crippen molar-refractivity contribution < 1.29 is 9.53 Å². The van der Waals surface area contributed by atoms with Crippen molar-refractivity contribution in [1.82, 2.24) is 20.1 Å². The van der Waals surface area contributed by atoms with Crippen LogP contribution in [0.3, 0.4) is 0 Å². The van der Waals surface area contributed by atoms with Crippen molar-refractivity contribution in [2.45, 2.75) is 38.0 Å². The third-order valence-corrected chi connectivity index (χ3v) is 4.68. The monoisotopic (exact) mass is 361 g/mol. The molecule has 0 fully saturated rings. The van der Waals surface area contributed by atoms with Crippen LogP contribution in [0.2, 0.25) is 0 Å². The molecule has 1 aliphatic rings. The van der Waals surface area contributed by atoms with Crippen molar-refractivity contribution in [2.75, 3.05) is 24.3 Å². The van der Waals surface area contributed by atoms with E-state index in [1.807, 2.05) is 45.0 Å². The molecule has 1 aromatic heterocycles. The fourth-order valence-electron chi connectivity index (χ4n) is 2.67. The molecule has 0 unspecified atom stereocenters. The number of carbonyl (C=O) groups excluding carboxylic acids is 1. The molecule has 2 heterocycles. The molecule has 0 aliphatic carbocycles. The second-order valence-electron chi connectivity index (χ2n) is 6.87. The first-order valence-electron chi connectivity index (χ1n) is 8.16. The molecule has 2 aromatic rings. The van der Waals surface area contributed by atoms with Crippen molar-refractivity contribution in [1.29, 1.82) is 0 Å². The summed E-state index contributed by atoms with van der Waals surface area (Å²) in [6.07, 6.45) is 0. The fourth-order valence-corrected chi connectivity index (χ4v) is 3.43. The molecule has 1 aliphatic heterocycles. The van der Waals surface area contributed by atoms with Gasteiger partial charge in [-0.05, 0) is 45.0 Å². The van der Waals surface area contributed by atoms with Crippen molar-refractivity contribution in [3.8, 4) is 5.75 Å². The van der Waals surface area contributed by atoms with Crippen LogP contribution in [-0.2, 0) is 11.3 Å². The zero-order valence-electron chi connectivity index (χ0n) is 14.9. The van der Waals surface area contributed by atoms with Crippen LogP contribution in [0.15, 0.2) is 29.4 Å². The highest BCUT2D eigenvalue weighted by Crippen LogP contribution is 2.32. The van der Waals surface area contributed by atoms with E-state index >= 15 is 0 Å². The third kappa shape index (κ3) is 4.07. The Bertz CT molecular complexity index is 751.